The Kier molecular flexibility index (Phi) is 6.85. The summed E-state index contributed by atoms with van der Waals surface area (Å²) in [5.74, 6) is 0.154. The van der Waals surface area contributed by atoms with Gasteiger partial charge in [-0.05, 0) is 27.1 Å². The lowest BCUT2D eigenvalue weighted by Crippen LogP contribution is -2.21. The van der Waals surface area contributed by atoms with Gasteiger partial charge in [-0.1, -0.05) is 5.16 Å². The first-order chi connectivity index (χ1) is 6.20. The summed E-state index contributed by atoms with van der Waals surface area (Å²) in [5, 5.41) is 19.3. The molecule has 6 heteroatoms. The van der Waals surface area contributed by atoms with Crippen molar-refractivity contribution in [2.45, 2.75) is 6.42 Å². The van der Waals surface area contributed by atoms with Crippen LogP contribution in [0.4, 0.5) is 0 Å². The number of rotatable bonds is 5. The van der Waals surface area contributed by atoms with Crippen molar-refractivity contribution >= 4 is 12.1 Å². The van der Waals surface area contributed by atoms with Crippen molar-refractivity contribution in [2.75, 3.05) is 27.2 Å². The fourth-order valence-corrected chi connectivity index (χ4v) is 0.746. The molecule has 0 heterocycles. The summed E-state index contributed by atoms with van der Waals surface area (Å²) < 4.78 is 0. The van der Waals surface area contributed by atoms with Gasteiger partial charge in [0.15, 0.2) is 5.84 Å². The molecule has 13 heavy (non-hydrogen) atoms. The Morgan fingerprint density at radius 2 is 2.23 bits per heavy atom. The van der Waals surface area contributed by atoms with Crippen LogP contribution in [-0.2, 0) is 0 Å². The molecular weight excluding hydrogens is 172 g/mol. The lowest BCUT2D eigenvalue weighted by atomic mass is 10.4. The summed E-state index contributed by atoms with van der Waals surface area (Å²) in [6.45, 7) is 1.51. The Labute approximate surface area is 77.5 Å². The maximum Gasteiger partial charge on any atom is 0.166 e. The quantitative estimate of drug-likeness (QED) is 0.183. The fraction of sp³-hybridized carbons (Fsp3) is 0.714. The van der Waals surface area contributed by atoms with Crippen LogP contribution in [0.2, 0.25) is 0 Å². The Hall–Kier alpha value is -1.14. The zero-order valence-corrected chi connectivity index (χ0v) is 7.93. The van der Waals surface area contributed by atoms with E-state index >= 15 is 0 Å². The summed E-state index contributed by atoms with van der Waals surface area (Å²) in [6, 6.07) is 0. The standard InChI is InChI=1S/C7H16N4O2/c1-11(2)5-3-4-8-7(10-13)6-9-12/h6,12-13H,3-5H2,1-2H3,(H,8,10)/b9-6+. The third-order valence-corrected chi connectivity index (χ3v) is 1.34. The van der Waals surface area contributed by atoms with Gasteiger partial charge in [0.1, 0.15) is 6.21 Å². The van der Waals surface area contributed by atoms with Gasteiger partial charge in [-0.3, -0.25) is 15.7 Å². The number of aliphatic imine (C=N–C) groups is 1. The largest absolute Gasteiger partial charge is 0.411 e. The van der Waals surface area contributed by atoms with Crippen LogP contribution in [0.5, 0.6) is 0 Å². The highest BCUT2D eigenvalue weighted by Gasteiger charge is 1.92. The van der Waals surface area contributed by atoms with Crippen molar-refractivity contribution in [3.63, 3.8) is 0 Å². The van der Waals surface area contributed by atoms with Crippen LogP contribution < -0.4 is 5.48 Å². The van der Waals surface area contributed by atoms with Crippen molar-refractivity contribution in [1.82, 2.24) is 10.4 Å². The minimum absolute atomic E-state index is 0.154. The van der Waals surface area contributed by atoms with E-state index in [9.17, 15) is 0 Å². The van der Waals surface area contributed by atoms with Crippen LogP contribution in [-0.4, -0.2) is 54.5 Å². The Morgan fingerprint density at radius 3 is 2.69 bits per heavy atom. The zero-order valence-electron chi connectivity index (χ0n) is 7.93. The van der Waals surface area contributed by atoms with E-state index in [-0.39, 0.29) is 5.84 Å². The van der Waals surface area contributed by atoms with Crippen molar-refractivity contribution in [1.29, 1.82) is 0 Å². The number of hydroxylamine groups is 1. The molecule has 0 rings (SSSR count). The van der Waals surface area contributed by atoms with Crippen LogP contribution in [0.15, 0.2) is 10.1 Å². The molecule has 76 valence electrons. The minimum Gasteiger partial charge on any atom is -0.411 e. The monoisotopic (exact) mass is 188 g/mol. The van der Waals surface area contributed by atoms with Gasteiger partial charge in [0.25, 0.3) is 0 Å². The van der Waals surface area contributed by atoms with Gasteiger partial charge < -0.3 is 10.1 Å². The zero-order chi connectivity index (χ0) is 10.1. The molecule has 0 saturated heterocycles. The Bertz CT molecular complexity index is 179. The van der Waals surface area contributed by atoms with Gasteiger partial charge in [0.2, 0.25) is 0 Å². The molecule has 0 saturated carbocycles. The van der Waals surface area contributed by atoms with Gasteiger partial charge in [-0.15, -0.1) is 0 Å². The third-order valence-electron chi connectivity index (χ3n) is 1.34. The maximum atomic E-state index is 8.47. The molecule has 0 bridgehead atoms. The summed E-state index contributed by atoms with van der Waals surface area (Å²) in [6.07, 6.45) is 1.92. The molecule has 0 atom stereocenters. The van der Waals surface area contributed by atoms with E-state index in [0.717, 1.165) is 19.2 Å². The molecule has 0 unspecified atom stereocenters. The van der Waals surface area contributed by atoms with E-state index in [1.807, 2.05) is 24.5 Å². The van der Waals surface area contributed by atoms with Gasteiger partial charge in [0.05, 0.1) is 0 Å². The number of hydrogen-bond acceptors (Lipinski definition) is 5. The van der Waals surface area contributed by atoms with E-state index in [4.69, 9.17) is 10.4 Å². The summed E-state index contributed by atoms with van der Waals surface area (Å²) >= 11 is 0. The molecule has 0 aromatic rings. The Morgan fingerprint density at radius 1 is 1.54 bits per heavy atom. The molecule has 0 aliphatic rings. The highest BCUT2D eigenvalue weighted by Crippen LogP contribution is 1.84. The maximum absolute atomic E-state index is 8.47. The highest BCUT2D eigenvalue weighted by molar-refractivity contribution is 6.28. The average molecular weight is 188 g/mol. The predicted octanol–water partition coefficient (Wildman–Crippen LogP) is -0.225. The molecule has 3 N–H and O–H groups in total. The fourth-order valence-electron chi connectivity index (χ4n) is 0.746. The number of nitrogens with zero attached hydrogens (tertiary/aromatic N) is 3. The first-order valence-electron chi connectivity index (χ1n) is 3.97. The van der Waals surface area contributed by atoms with Crippen LogP contribution >= 0.6 is 0 Å². The second-order valence-electron chi connectivity index (χ2n) is 2.78. The molecule has 6 nitrogen and oxygen atoms in total. The highest BCUT2D eigenvalue weighted by atomic mass is 16.5. The first kappa shape index (κ1) is 11.9. The summed E-state index contributed by atoms with van der Waals surface area (Å²) in [7, 11) is 3.95. The number of hydrogen-bond donors (Lipinski definition) is 3. The molecule has 0 aliphatic carbocycles. The van der Waals surface area contributed by atoms with Gasteiger partial charge in [-0.25, -0.2) is 0 Å². The lowest BCUT2D eigenvalue weighted by Gasteiger charge is -2.06. The van der Waals surface area contributed by atoms with Crippen molar-refractivity contribution in [3.8, 4) is 0 Å². The van der Waals surface area contributed by atoms with Crippen molar-refractivity contribution in [3.05, 3.63) is 0 Å². The SMILES string of the molecule is CN(C)CCCN=C(/C=N/O)NO. The number of amidine groups is 1. The van der Waals surface area contributed by atoms with E-state index < -0.39 is 0 Å². The molecule has 0 aliphatic heterocycles. The average Bonchev–Trinajstić information content (AvgIpc) is 2.10. The summed E-state index contributed by atoms with van der Waals surface area (Å²) in [5.41, 5.74) is 1.82. The molecule has 0 fully saturated rings. The molecule has 0 aromatic heterocycles. The molecule has 0 aromatic carbocycles. The number of oxime groups is 1. The van der Waals surface area contributed by atoms with E-state index in [2.05, 4.69) is 10.1 Å². The molecule has 0 radical (unpaired) electrons. The van der Waals surface area contributed by atoms with Crippen molar-refractivity contribution in [2.24, 2.45) is 10.1 Å². The van der Waals surface area contributed by atoms with Crippen LogP contribution in [0, 0.1) is 0 Å². The topological polar surface area (TPSA) is 80.5 Å². The molecule has 0 spiro atoms. The normalized spacial score (nSPS) is 12.8. The van der Waals surface area contributed by atoms with E-state index in [1.54, 1.807) is 0 Å². The second kappa shape index (κ2) is 7.51. The number of nitrogens with one attached hydrogen (secondary N) is 1. The van der Waals surface area contributed by atoms with E-state index in [0.29, 0.717) is 6.54 Å². The Balaban J connectivity index is 3.67. The van der Waals surface area contributed by atoms with Gasteiger partial charge in [0, 0.05) is 6.54 Å². The second-order valence-corrected chi connectivity index (χ2v) is 2.78. The van der Waals surface area contributed by atoms with Gasteiger partial charge >= 0.3 is 0 Å². The van der Waals surface area contributed by atoms with Crippen molar-refractivity contribution < 1.29 is 10.4 Å². The smallest absolute Gasteiger partial charge is 0.166 e. The van der Waals surface area contributed by atoms with E-state index in [1.165, 1.54) is 0 Å². The molecular formula is C7H16N4O2. The lowest BCUT2D eigenvalue weighted by molar-refractivity contribution is 0.236. The third kappa shape index (κ3) is 7.23. The van der Waals surface area contributed by atoms with Crippen LogP contribution in [0.3, 0.4) is 0 Å². The minimum atomic E-state index is 0.154. The molecule has 0 amide bonds. The van der Waals surface area contributed by atoms with Gasteiger partial charge in [-0.2, -0.15) is 0 Å². The first-order valence-corrected chi connectivity index (χ1v) is 3.97. The predicted molar refractivity (Wildman–Crippen MR) is 50.7 cm³/mol. The van der Waals surface area contributed by atoms with Crippen LogP contribution in [0.1, 0.15) is 6.42 Å². The van der Waals surface area contributed by atoms with Crippen LogP contribution in [0.25, 0.3) is 0 Å². The summed E-state index contributed by atoms with van der Waals surface area (Å²) in [4.78, 5) is 5.97.